The highest BCUT2D eigenvalue weighted by atomic mass is 32.2. The third-order valence-electron chi connectivity index (χ3n) is 2.06. The number of hydrogen-bond donors (Lipinski definition) is 1. The summed E-state index contributed by atoms with van der Waals surface area (Å²) in [5.74, 6) is 0.762. The average Bonchev–Trinajstić information content (AvgIpc) is 2.35. The molecule has 10 heavy (non-hydrogen) atoms. The van der Waals surface area contributed by atoms with Crippen LogP contribution in [0.4, 0.5) is 0 Å². The maximum absolute atomic E-state index is 10.7. The molecule has 4 heteroatoms. The summed E-state index contributed by atoms with van der Waals surface area (Å²) in [6, 6.07) is 0. The SMILES string of the molecule is CC(C)[C@H]1C[C@H]1S(N)(=O)=O. The zero-order valence-corrected chi connectivity index (χ0v) is 7.06. The van der Waals surface area contributed by atoms with Crippen molar-refractivity contribution in [2.45, 2.75) is 25.5 Å². The smallest absolute Gasteiger partial charge is 0.212 e. The second kappa shape index (κ2) is 2.20. The van der Waals surface area contributed by atoms with Crippen LogP contribution in [0.1, 0.15) is 20.3 Å². The van der Waals surface area contributed by atoms with Gasteiger partial charge in [0.1, 0.15) is 0 Å². The lowest BCUT2D eigenvalue weighted by Crippen LogP contribution is -2.19. The van der Waals surface area contributed by atoms with Crippen molar-refractivity contribution < 1.29 is 8.42 Å². The van der Waals surface area contributed by atoms with E-state index in [0.29, 0.717) is 11.8 Å². The zero-order chi connectivity index (χ0) is 7.94. The quantitative estimate of drug-likeness (QED) is 0.637. The van der Waals surface area contributed by atoms with Crippen molar-refractivity contribution in [3.05, 3.63) is 0 Å². The van der Waals surface area contributed by atoms with Crippen LogP contribution in [0.25, 0.3) is 0 Å². The van der Waals surface area contributed by atoms with Crippen LogP contribution in [0.15, 0.2) is 0 Å². The van der Waals surface area contributed by atoms with Crippen molar-refractivity contribution in [2.24, 2.45) is 17.0 Å². The highest BCUT2D eigenvalue weighted by molar-refractivity contribution is 7.90. The third-order valence-corrected chi connectivity index (χ3v) is 3.44. The summed E-state index contributed by atoms with van der Waals surface area (Å²) in [6.45, 7) is 4.05. The average molecular weight is 163 g/mol. The van der Waals surface area contributed by atoms with Crippen molar-refractivity contribution in [3.8, 4) is 0 Å². The molecule has 1 fully saturated rings. The summed E-state index contributed by atoms with van der Waals surface area (Å²) in [6.07, 6.45) is 0.760. The molecule has 0 radical (unpaired) electrons. The van der Waals surface area contributed by atoms with E-state index in [-0.39, 0.29) is 5.25 Å². The second-order valence-electron chi connectivity index (χ2n) is 3.27. The van der Waals surface area contributed by atoms with Gasteiger partial charge in [0, 0.05) is 0 Å². The van der Waals surface area contributed by atoms with E-state index in [2.05, 4.69) is 0 Å². The lowest BCUT2D eigenvalue weighted by atomic mass is 10.1. The summed E-state index contributed by atoms with van der Waals surface area (Å²) in [4.78, 5) is 0. The van der Waals surface area contributed by atoms with Gasteiger partial charge in [-0.25, -0.2) is 13.6 Å². The molecule has 2 N–H and O–H groups in total. The van der Waals surface area contributed by atoms with Crippen LogP contribution < -0.4 is 5.14 Å². The van der Waals surface area contributed by atoms with Crippen LogP contribution in [-0.2, 0) is 10.0 Å². The van der Waals surface area contributed by atoms with E-state index in [1.807, 2.05) is 13.8 Å². The van der Waals surface area contributed by atoms with Gasteiger partial charge >= 0.3 is 0 Å². The standard InChI is InChI=1S/C6H13NO2S/c1-4(2)5-3-6(5)10(7,8)9/h4-6H,3H2,1-2H3,(H2,7,8,9)/t5-,6-/m1/s1. The van der Waals surface area contributed by atoms with E-state index in [1.165, 1.54) is 0 Å². The summed E-state index contributed by atoms with van der Waals surface area (Å²) >= 11 is 0. The highest BCUT2D eigenvalue weighted by Gasteiger charge is 2.46. The fourth-order valence-electron chi connectivity index (χ4n) is 1.27. The molecule has 3 nitrogen and oxygen atoms in total. The normalized spacial score (nSPS) is 32.8. The number of hydrogen-bond acceptors (Lipinski definition) is 2. The Morgan fingerprint density at radius 3 is 2.10 bits per heavy atom. The Balaban J connectivity index is 2.55. The van der Waals surface area contributed by atoms with Gasteiger partial charge in [-0.3, -0.25) is 0 Å². The number of primary sulfonamides is 1. The number of rotatable bonds is 2. The molecule has 0 heterocycles. The molecular formula is C6H13NO2S. The molecule has 0 aromatic carbocycles. The Morgan fingerprint density at radius 2 is 2.00 bits per heavy atom. The first kappa shape index (κ1) is 8.01. The third kappa shape index (κ3) is 1.49. The molecule has 1 aliphatic rings. The Hall–Kier alpha value is -0.0900. The van der Waals surface area contributed by atoms with Crippen molar-refractivity contribution in [1.82, 2.24) is 0 Å². The molecule has 0 bridgehead atoms. The van der Waals surface area contributed by atoms with Gasteiger partial charge in [0.05, 0.1) is 5.25 Å². The highest BCUT2D eigenvalue weighted by Crippen LogP contribution is 2.41. The first-order chi connectivity index (χ1) is 4.43. The predicted octanol–water partition coefficient (Wildman–Crippen LogP) is 0.319. The van der Waals surface area contributed by atoms with E-state index in [9.17, 15) is 8.42 Å². The van der Waals surface area contributed by atoms with Crippen molar-refractivity contribution in [3.63, 3.8) is 0 Å². The van der Waals surface area contributed by atoms with Gasteiger partial charge in [0.2, 0.25) is 10.0 Å². The van der Waals surface area contributed by atoms with Crippen LogP contribution in [-0.4, -0.2) is 13.7 Å². The van der Waals surface area contributed by atoms with Crippen LogP contribution >= 0.6 is 0 Å². The van der Waals surface area contributed by atoms with E-state index < -0.39 is 10.0 Å². The monoisotopic (exact) mass is 163 g/mol. The van der Waals surface area contributed by atoms with E-state index in [4.69, 9.17) is 5.14 Å². The van der Waals surface area contributed by atoms with Crippen molar-refractivity contribution >= 4 is 10.0 Å². The first-order valence-electron chi connectivity index (χ1n) is 3.44. The molecule has 0 saturated heterocycles. The lowest BCUT2D eigenvalue weighted by Gasteiger charge is -1.99. The molecule has 0 unspecified atom stereocenters. The summed E-state index contributed by atoms with van der Waals surface area (Å²) in [5.41, 5.74) is 0. The minimum absolute atomic E-state index is 0.243. The molecule has 60 valence electrons. The van der Waals surface area contributed by atoms with Gasteiger partial charge in [-0.15, -0.1) is 0 Å². The maximum atomic E-state index is 10.7. The number of sulfonamides is 1. The Bertz CT molecular complexity index is 220. The minimum atomic E-state index is -3.22. The van der Waals surface area contributed by atoms with Crippen LogP contribution in [0, 0.1) is 11.8 Å². The Labute approximate surface area is 61.7 Å². The largest absolute Gasteiger partial charge is 0.228 e. The van der Waals surface area contributed by atoms with Gasteiger partial charge < -0.3 is 0 Å². The first-order valence-corrected chi connectivity index (χ1v) is 5.05. The van der Waals surface area contributed by atoms with Gasteiger partial charge in [-0.05, 0) is 18.3 Å². The maximum Gasteiger partial charge on any atom is 0.212 e. The fourth-order valence-corrected chi connectivity index (χ4v) is 2.56. The topological polar surface area (TPSA) is 60.2 Å². The predicted molar refractivity (Wildman–Crippen MR) is 39.8 cm³/mol. The van der Waals surface area contributed by atoms with E-state index in [1.54, 1.807) is 0 Å². The van der Waals surface area contributed by atoms with Gasteiger partial charge in [0.25, 0.3) is 0 Å². The molecule has 0 aromatic rings. The molecule has 0 aliphatic heterocycles. The minimum Gasteiger partial charge on any atom is -0.228 e. The zero-order valence-electron chi connectivity index (χ0n) is 6.24. The van der Waals surface area contributed by atoms with Crippen molar-refractivity contribution in [2.75, 3.05) is 0 Å². The summed E-state index contributed by atoms with van der Waals surface area (Å²) in [7, 11) is -3.22. The van der Waals surface area contributed by atoms with Crippen molar-refractivity contribution in [1.29, 1.82) is 0 Å². The molecule has 1 rings (SSSR count). The van der Waals surface area contributed by atoms with E-state index in [0.717, 1.165) is 6.42 Å². The molecule has 2 atom stereocenters. The fraction of sp³-hybridized carbons (Fsp3) is 1.00. The van der Waals surface area contributed by atoms with Crippen LogP contribution in [0.5, 0.6) is 0 Å². The van der Waals surface area contributed by atoms with Gasteiger partial charge in [0.15, 0.2) is 0 Å². The van der Waals surface area contributed by atoms with E-state index >= 15 is 0 Å². The molecule has 0 amide bonds. The Kier molecular flexibility index (Phi) is 1.76. The van der Waals surface area contributed by atoms with Crippen LogP contribution in [0.3, 0.4) is 0 Å². The second-order valence-corrected chi connectivity index (χ2v) is 5.05. The number of nitrogens with two attached hydrogens (primary N) is 1. The molecule has 0 aromatic heterocycles. The molecule has 0 spiro atoms. The van der Waals surface area contributed by atoms with Crippen LogP contribution in [0.2, 0.25) is 0 Å². The summed E-state index contributed by atoms with van der Waals surface area (Å²) < 4.78 is 21.4. The summed E-state index contributed by atoms with van der Waals surface area (Å²) in [5, 5.41) is 4.70. The molecular weight excluding hydrogens is 150 g/mol. The lowest BCUT2D eigenvalue weighted by molar-refractivity contribution is 0.550. The molecule has 1 aliphatic carbocycles. The van der Waals surface area contributed by atoms with Gasteiger partial charge in [-0.2, -0.15) is 0 Å². The molecule has 1 saturated carbocycles. The Morgan fingerprint density at radius 1 is 1.50 bits per heavy atom. The van der Waals surface area contributed by atoms with Gasteiger partial charge in [-0.1, -0.05) is 13.8 Å².